The highest BCUT2D eigenvalue weighted by Gasteiger charge is 2.44. The van der Waals surface area contributed by atoms with Crippen molar-refractivity contribution in [3.63, 3.8) is 0 Å². The number of amides is 1. The molecule has 1 N–H and O–H groups in total. The van der Waals surface area contributed by atoms with Crippen molar-refractivity contribution in [3.8, 4) is 5.75 Å². The van der Waals surface area contributed by atoms with Crippen LogP contribution in [-0.4, -0.2) is 23.5 Å². The molecular formula is C23H30N2O2. The van der Waals surface area contributed by atoms with Crippen molar-refractivity contribution in [1.29, 1.82) is 0 Å². The average Bonchev–Trinajstić information content (AvgIpc) is 2.68. The largest absolute Gasteiger partial charge is 0.494 e. The van der Waals surface area contributed by atoms with E-state index < -0.39 is 5.66 Å². The number of hydrogen-bond acceptors (Lipinski definition) is 3. The molecule has 1 heterocycles. The highest BCUT2D eigenvalue weighted by Crippen LogP contribution is 2.39. The van der Waals surface area contributed by atoms with Gasteiger partial charge >= 0.3 is 0 Å². The van der Waals surface area contributed by atoms with Crippen LogP contribution in [0.2, 0.25) is 0 Å². The Kier molecular flexibility index (Phi) is 5.73. The molecule has 0 bridgehead atoms. The Labute approximate surface area is 162 Å². The lowest BCUT2D eigenvalue weighted by atomic mass is 9.91. The summed E-state index contributed by atoms with van der Waals surface area (Å²) in [4.78, 5) is 15.3. The van der Waals surface area contributed by atoms with E-state index in [2.05, 4.69) is 45.1 Å². The maximum atomic E-state index is 13.3. The number of para-hydroxylation sites is 1. The molecule has 1 aliphatic heterocycles. The zero-order valence-electron chi connectivity index (χ0n) is 16.8. The van der Waals surface area contributed by atoms with E-state index in [-0.39, 0.29) is 11.9 Å². The smallest absolute Gasteiger partial charge is 0.258 e. The van der Waals surface area contributed by atoms with E-state index in [0.29, 0.717) is 0 Å². The van der Waals surface area contributed by atoms with Gasteiger partial charge in [-0.1, -0.05) is 44.5 Å². The molecule has 0 aromatic heterocycles. The fraction of sp³-hybridized carbons (Fsp3) is 0.435. The first-order chi connectivity index (χ1) is 13.0. The second-order valence-corrected chi connectivity index (χ2v) is 7.40. The number of fused-ring (bicyclic) bond motifs is 1. The van der Waals surface area contributed by atoms with E-state index in [1.165, 1.54) is 0 Å². The number of carbonyl (C=O) groups excluding carboxylic acids is 1. The molecule has 0 fully saturated rings. The number of hydrogen-bond donors (Lipinski definition) is 1. The second kappa shape index (κ2) is 8.03. The van der Waals surface area contributed by atoms with Crippen LogP contribution in [0.25, 0.3) is 0 Å². The second-order valence-electron chi connectivity index (χ2n) is 7.40. The van der Waals surface area contributed by atoms with Gasteiger partial charge in [0.2, 0.25) is 0 Å². The Morgan fingerprint density at radius 1 is 1.11 bits per heavy atom. The van der Waals surface area contributed by atoms with E-state index in [9.17, 15) is 4.79 Å². The monoisotopic (exact) mass is 366 g/mol. The summed E-state index contributed by atoms with van der Waals surface area (Å²) >= 11 is 0. The van der Waals surface area contributed by atoms with Crippen molar-refractivity contribution in [2.45, 2.75) is 58.7 Å². The summed E-state index contributed by atoms with van der Waals surface area (Å²) in [5.41, 5.74) is 2.05. The molecule has 4 heteroatoms. The summed E-state index contributed by atoms with van der Waals surface area (Å²) in [5, 5.41) is 3.62. The molecule has 0 radical (unpaired) electrons. The molecule has 3 rings (SSSR count). The van der Waals surface area contributed by atoms with Crippen molar-refractivity contribution in [2.24, 2.45) is 0 Å². The number of nitrogens with zero attached hydrogens (tertiary/aromatic N) is 1. The molecule has 2 aromatic carbocycles. The molecule has 0 spiro atoms. The molecule has 1 amide bonds. The van der Waals surface area contributed by atoms with Crippen LogP contribution < -0.4 is 10.1 Å². The van der Waals surface area contributed by atoms with E-state index in [1.807, 2.05) is 41.3 Å². The Morgan fingerprint density at radius 3 is 2.48 bits per heavy atom. The third kappa shape index (κ3) is 3.66. The molecule has 0 aliphatic carbocycles. The molecule has 27 heavy (non-hydrogen) atoms. The van der Waals surface area contributed by atoms with Crippen LogP contribution in [0.15, 0.2) is 48.5 Å². The van der Waals surface area contributed by atoms with Gasteiger partial charge in [-0.3, -0.25) is 4.79 Å². The minimum absolute atomic E-state index is 0.0736. The minimum Gasteiger partial charge on any atom is -0.494 e. The molecule has 0 saturated heterocycles. The van der Waals surface area contributed by atoms with Gasteiger partial charge in [0, 0.05) is 11.7 Å². The van der Waals surface area contributed by atoms with Crippen LogP contribution in [0, 0.1) is 0 Å². The van der Waals surface area contributed by atoms with Gasteiger partial charge in [0.25, 0.3) is 5.91 Å². The summed E-state index contributed by atoms with van der Waals surface area (Å²) in [6, 6.07) is 16.0. The lowest BCUT2D eigenvalue weighted by Gasteiger charge is -2.49. The predicted octanol–water partition coefficient (Wildman–Crippen LogP) is 5.40. The standard InChI is InChI=1S/C23H30N2O2/c1-5-7-16-27-19-14-12-18(13-15-19)23(4)24-21-11-9-8-10-20(21)22(26)25(23)17(3)6-2/h8-15,17,24H,5-7,16H2,1-4H3. The molecular weight excluding hydrogens is 336 g/mol. The van der Waals surface area contributed by atoms with Crippen LogP contribution in [-0.2, 0) is 5.66 Å². The third-order valence-electron chi connectivity index (χ3n) is 5.45. The minimum atomic E-state index is -0.608. The lowest BCUT2D eigenvalue weighted by molar-refractivity contribution is 0.0400. The van der Waals surface area contributed by atoms with E-state index in [0.717, 1.165) is 48.4 Å². The Balaban J connectivity index is 1.96. The van der Waals surface area contributed by atoms with Crippen molar-refractivity contribution >= 4 is 11.6 Å². The fourth-order valence-corrected chi connectivity index (χ4v) is 3.68. The zero-order valence-corrected chi connectivity index (χ0v) is 16.8. The number of nitrogens with one attached hydrogen (secondary N) is 1. The Bertz CT molecular complexity index is 787. The first-order valence-electron chi connectivity index (χ1n) is 9.95. The van der Waals surface area contributed by atoms with Gasteiger partial charge in [-0.05, 0) is 56.5 Å². The van der Waals surface area contributed by atoms with Crippen LogP contribution in [0.3, 0.4) is 0 Å². The van der Waals surface area contributed by atoms with E-state index >= 15 is 0 Å². The Morgan fingerprint density at radius 2 is 1.81 bits per heavy atom. The number of ether oxygens (including phenoxy) is 1. The summed E-state index contributed by atoms with van der Waals surface area (Å²) in [7, 11) is 0. The number of benzene rings is 2. The molecule has 2 atom stereocenters. The van der Waals surface area contributed by atoms with Gasteiger partial charge in [0.05, 0.1) is 12.2 Å². The van der Waals surface area contributed by atoms with Gasteiger partial charge in [-0.25, -0.2) is 0 Å². The number of unbranched alkanes of at least 4 members (excludes halogenated alkanes) is 1. The quantitative estimate of drug-likeness (QED) is 0.667. The molecule has 144 valence electrons. The summed E-state index contributed by atoms with van der Waals surface area (Å²) < 4.78 is 5.79. The molecule has 2 aromatic rings. The highest BCUT2D eigenvalue weighted by atomic mass is 16.5. The highest BCUT2D eigenvalue weighted by molar-refractivity contribution is 6.02. The van der Waals surface area contributed by atoms with Crippen molar-refractivity contribution in [1.82, 2.24) is 4.90 Å². The maximum absolute atomic E-state index is 13.3. The SMILES string of the molecule is CCCCOc1ccc(C2(C)Nc3ccccc3C(=O)N2C(C)CC)cc1. The predicted molar refractivity (Wildman–Crippen MR) is 110 cm³/mol. The normalized spacial score (nSPS) is 20.0. The number of carbonyl (C=O) groups is 1. The fourth-order valence-electron chi connectivity index (χ4n) is 3.68. The maximum Gasteiger partial charge on any atom is 0.258 e. The first kappa shape index (κ1) is 19.3. The van der Waals surface area contributed by atoms with Crippen molar-refractivity contribution in [3.05, 3.63) is 59.7 Å². The lowest BCUT2D eigenvalue weighted by Crippen LogP contribution is -2.58. The topological polar surface area (TPSA) is 41.6 Å². The summed E-state index contributed by atoms with van der Waals surface area (Å²) in [6.07, 6.45) is 3.06. The van der Waals surface area contributed by atoms with Gasteiger partial charge in [-0.15, -0.1) is 0 Å². The van der Waals surface area contributed by atoms with E-state index in [1.54, 1.807) is 0 Å². The van der Waals surface area contributed by atoms with Crippen molar-refractivity contribution in [2.75, 3.05) is 11.9 Å². The summed E-state index contributed by atoms with van der Waals surface area (Å²) in [5.74, 6) is 0.942. The van der Waals surface area contributed by atoms with E-state index in [4.69, 9.17) is 4.74 Å². The number of rotatable bonds is 7. The average molecular weight is 367 g/mol. The van der Waals surface area contributed by atoms with Crippen LogP contribution in [0.5, 0.6) is 5.75 Å². The van der Waals surface area contributed by atoms with Crippen LogP contribution >= 0.6 is 0 Å². The van der Waals surface area contributed by atoms with Gasteiger partial charge < -0.3 is 15.0 Å². The van der Waals surface area contributed by atoms with Crippen LogP contribution in [0.4, 0.5) is 5.69 Å². The third-order valence-corrected chi connectivity index (χ3v) is 5.45. The molecule has 1 aliphatic rings. The van der Waals surface area contributed by atoms with Crippen LogP contribution in [0.1, 0.15) is 62.9 Å². The molecule has 2 unspecified atom stereocenters. The summed E-state index contributed by atoms with van der Waals surface area (Å²) in [6.45, 7) is 9.19. The Hall–Kier alpha value is -2.49. The number of anilines is 1. The van der Waals surface area contributed by atoms with Gasteiger partial charge in [0.1, 0.15) is 11.4 Å². The molecule has 0 saturated carbocycles. The van der Waals surface area contributed by atoms with Gasteiger partial charge in [0.15, 0.2) is 0 Å². The van der Waals surface area contributed by atoms with Gasteiger partial charge in [-0.2, -0.15) is 0 Å². The van der Waals surface area contributed by atoms with Crippen molar-refractivity contribution < 1.29 is 9.53 Å². The zero-order chi connectivity index (χ0) is 19.4. The molecule has 4 nitrogen and oxygen atoms in total. The first-order valence-corrected chi connectivity index (χ1v) is 9.95.